The molecule has 0 bridgehead atoms. The molecule has 0 radical (unpaired) electrons. The summed E-state index contributed by atoms with van der Waals surface area (Å²) in [5.41, 5.74) is 0.707. The van der Waals surface area contributed by atoms with Crippen LogP contribution in [0.5, 0.6) is 0 Å². The fraction of sp³-hybridized carbons (Fsp3) is 0.615. The van der Waals surface area contributed by atoms with Crippen LogP contribution in [0.2, 0.25) is 0 Å². The molecule has 1 aromatic heterocycles. The Kier molecular flexibility index (Phi) is 6.80. The zero-order valence-corrected chi connectivity index (χ0v) is 12.4. The number of carboxylic acids is 1. The van der Waals surface area contributed by atoms with Crippen LogP contribution in [-0.4, -0.2) is 40.0 Å². The van der Waals surface area contributed by atoms with E-state index in [1.165, 1.54) is 11.8 Å². The number of thioether (sulfide) groups is 1. The summed E-state index contributed by atoms with van der Waals surface area (Å²) in [5, 5.41) is 9.71. The number of ether oxygens (including phenoxy) is 1. The number of carboxylic acid groups (broad SMARTS) is 1. The molecule has 0 aliphatic carbocycles. The fourth-order valence-corrected chi connectivity index (χ4v) is 2.55. The van der Waals surface area contributed by atoms with Gasteiger partial charge in [-0.3, -0.25) is 0 Å². The van der Waals surface area contributed by atoms with E-state index >= 15 is 0 Å². The molecule has 0 atom stereocenters. The van der Waals surface area contributed by atoms with Gasteiger partial charge in [0.1, 0.15) is 16.4 Å². The number of hydrogen-bond donors (Lipinski definition) is 1. The molecule has 0 saturated carbocycles. The minimum atomic E-state index is -0.980. The molecular weight excluding hydrogens is 264 g/mol. The Labute approximate surface area is 117 Å². The molecule has 0 saturated heterocycles. The molecular formula is C13H20N2O3S. The van der Waals surface area contributed by atoms with Crippen LogP contribution in [0.3, 0.4) is 0 Å². The Morgan fingerprint density at radius 2 is 2.05 bits per heavy atom. The van der Waals surface area contributed by atoms with E-state index in [4.69, 9.17) is 4.74 Å². The topological polar surface area (TPSA) is 72.3 Å². The minimum Gasteiger partial charge on any atom is -0.478 e. The van der Waals surface area contributed by atoms with Crippen molar-refractivity contribution in [1.29, 1.82) is 0 Å². The Balaban J connectivity index is 2.59. The summed E-state index contributed by atoms with van der Waals surface area (Å²) in [6.07, 6.45) is 2.16. The van der Waals surface area contributed by atoms with E-state index in [0.717, 1.165) is 19.4 Å². The van der Waals surface area contributed by atoms with Gasteiger partial charge in [-0.2, -0.15) is 0 Å². The first-order chi connectivity index (χ1) is 9.06. The maximum atomic E-state index is 11.2. The van der Waals surface area contributed by atoms with Crippen LogP contribution in [0.25, 0.3) is 0 Å². The zero-order chi connectivity index (χ0) is 14.3. The predicted molar refractivity (Wildman–Crippen MR) is 74.9 cm³/mol. The molecule has 0 aliphatic rings. The molecule has 106 valence electrons. The van der Waals surface area contributed by atoms with Gasteiger partial charge < -0.3 is 9.84 Å². The molecule has 0 fully saturated rings. The average Bonchev–Trinajstić information content (AvgIpc) is 2.32. The second-order valence-corrected chi connectivity index (χ2v) is 5.24. The molecule has 5 nitrogen and oxygen atoms in total. The molecule has 0 amide bonds. The van der Waals surface area contributed by atoms with Gasteiger partial charge in [0.2, 0.25) is 0 Å². The van der Waals surface area contributed by atoms with Gasteiger partial charge in [-0.15, -0.1) is 11.8 Å². The van der Waals surface area contributed by atoms with Crippen LogP contribution in [0.4, 0.5) is 0 Å². The summed E-state index contributed by atoms with van der Waals surface area (Å²) in [4.78, 5) is 19.5. The summed E-state index contributed by atoms with van der Waals surface area (Å²) in [5.74, 6) is 0.309. The third-order valence-corrected chi connectivity index (χ3v) is 3.43. The van der Waals surface area contributed by atoms with Crippen molar-refractivity contribution in [3.63, 3.8) is 0 Å². The van der Waals surface area contributed by atoms with Gasteiger partial charge >= 0.3 is 5.97 Å². The zero-order valence-electron chi connectivity index (χ0n) is 11.6. The smallest absolute Gasteiger partial charge is 0.340 e. The first-order valence-electron chi connectivity index (χ1n) is 6.35. The largest absolute Gasteiger partial charge is 0.478 e. The van der Waals surface area contributed by atoms with E-state index in [0.29, 0.717) is 28.9 Å². The fourth-order valence-electron chi connectivity index (χ4n) is 1.58. The van der Waals surface area contributed by atoms with Crippen molar-refractivity contribution in [3.8, 4) is 0 Å². The number of carbonyl (C=O) groups is 1. The van der Waals surface area contributed by atoms with Crippen molar-refractivity contribution in [1.82, 2.24) is 9.97 Å². The first kappa shape index (κ1) is 15.9. The summed E-state index contributed by atoms with van der Waals surface area (Å²) < 4.78 is 5.44. The van der Waals surface area contributed by atoms with Crippen molar-refractivity contribution < 1.29 is 14.6 Å². The predicted octanol–water partition coefficient (Wildman–Crippen LogP) is 2.70. The standard InChI is InChI=1S/C13H20N2O3S/c1-4-5-6-18-7-8-19-12-11(13(16)17)9(2)14-10(3)15-12/h4-8H2,1-3H3,(H,16,17). The quantitative estimate of drug-likeness (QED) is 0.449. The Morgan fingerprint density at radius 3 is 2.68 bits per heavy atom. The summed E-state index contributed by atoms with van der Waals surface area (Å²) in [6.45, 7) is 6.93. The van der Waals surface area contributed by atoms with Crippen LogP contribution in [0, 0.1) is 13.8 Å². The van der Waals surface area contributed by atoms with Crippen molar-refractivity contribution in [2.75, 3.05) is 19.0 Å². The number of nitrogens with zero attached hydrogens (tertiary/aromatic N) is 2. The Bertz CT molecular complexity index is 438. The highest BCUT2D eigenvalue weighted by Gasteiger charge is 2.17. The van der Waals surface area contributed by atoms with Crippen LogP contribution < -0.4 is 0 Å². The van der Waals surface area contributed by atoms with Crippen molar-refractivity contribution in [2.45, 2.75) is 38.6 Å². The van der Waals surface area contributed by atoms with Gasteiger partial charge in [-0.25, -0.2) is 14.8 Å². The maximum absolute atomic E-state index is 11.2. The summed E-state index contributed by atoms with van der Waals surface area (Å²) in [7, 11) is 0. The van der Waals surface area contributed by atoms with Gasteiger partial charge in [0, 0.05) is 12.4 Å². The van der Waals surface area contributed by atoms with Gasteiger partial charge in [0.25, 0.3) is 0 Å². The number of hydrogen-bond acceptors (Lipinski definition) is 5. The summed E-state index contributed by atoms with van der Waals surface area (Å²) in [6, 6.07) is 0. The molecule has 19 heavy (non-hydrogen) atoms. The van der Waals surface area contributed by atoms with Crippen LogP contribution in [0.1, 0.15) is 41.6 Å². The SMILES string of the molecule is CCCCOCCSc1nc(C)nc(C)c1C(=O)O. The van der Waals surface area contributed by atoms with E-state index in [2.05, 4.69) is 16.9 Å². The van der Waals surface area contributed by atoms with Gasteiger partial charge in [0.05, 0.1) is 12.3 Å². The lowest BCUT2D eigenvalue weighted by molar-refractivity contribution is 0.0690. The minimum absolute atomic E-state index is 0.198. The second kappa shape index (κ2) is 8.12. The normalized spacial score (nSPS) is 10.7. The van der Waals surface area contributed by atoms with Gasteiger partial charge in [0.15, 0.2) is 0 Å². The number of rotatable bonds is 8. The van der Waals surface area contributed by atoms with E-state index in [1.54, 1.807) is 13.8 Å². The van der Waals surface area contributed by atoms with Gasteiger partial charge in [-0.1, -0.05) is 13.3 Å². The molecule has 1 aromatic rings. The Hall–Kier alpha value is -1.14. The first-order valence-corrected chi connectivity index (χ1v) is 7.34. The highest BCUT2D eigenvalue weighted by atomic mass is 32.2. The molecule has 0 aromatic carbocycles. The third-order valence-electron chi connectivity index (χ3n) is 2.49. The van der Waals surface area contributed by atoms with Crippen molar-refractivity contribution in [3.05, 3.63) is 17.1 Å². The molecule has 0 unspecified atom stereocenters. The number of aryl methyl sites for hydroxylation is 2. The van der Waals surface area contributed by atoms with E-state index in [9.17, 15) is 9.90 Å². The monoisotopic (exact) mass is 284 g/mol. The Morgan fingerprint density at radius 1 is 1.32 bits per heavy atom. The van der Waals surface area contributed by atoms with Crippen LogP contribution >= 0.6 is 11.8 Å². The molecule has 6 heteroatoms. The molecule has 0 spiro atoms. The lowest BCUT2D eigenvalue weighted by atomic mass is 10.2. The number of aromatic nitrogens is 2. The number of unbranched alkanes of at least 4 members (excludes halogenated alkanes) is 1. The van der Waals surface area contributed by atoms with Crippen molar-refractivity contribution in [2.24, 2.45) is 0 Å². The maximum Gasteiger partial charge on any atom is 0.340 e. The third kappa shape index (κ3) is 5.16. The van der Waals surface area contributed by atoms with Gasteiger partial charge in [-0.05, 0) is 20.3 Å². The molecule has 1 rings (SSSR count). The van der Waals surface area contributed by atoms with E-state index in [-0.39, 0.29) is 5.56 Å². The molecule has 1 heterocycles. The number of aromatic carboxylic acids is 1. The molecule has 0 aliphatic heterocycles. The van der Waals surface area contributed by atoms with Crippen molar-refractivity contribution >= 4 is 17.7 Å². The lowest BCUT2D eigenvalue weighted by Gasteiger charge is -2.08. The highest BCUT2D eigenvalue weighted by Crippen LogP contribution is 2.22. The van der Waals surface area contributed by atoms with E-state index < -0.39 is 5.97 Å². The van der Waals surface area contributed by atoms with Crippen LogP contribution in [-0.2, 0) is 4.74 Å². The average molecular weight is 284 g/mol. The van der Waals surface area contributed by atoms with E-state index in [1.807, 2.05) is 0 Å². The summed E-state index contributed by atoms with van der Waals surface area (Å²) >= 11 is 1.40. The van der Waals surface area contributed by atoms with Crippen LogP contribution in [0.15, 0.2) is 5.03 Å². The second-order valence-electron chi connectivity index (χ2n) is 4.16. The highest BCUT2D eigenvalue weighted by molar-refractivity contribution is 7.99. The lowest BCUT2D eigenvalue weighted by Crippen LogP contribution is -2.09. The molecule has 1 N–H and O–H groups in total.